The molecular formula is C77H56. The first-order valence-corrected chi connectivity index (χ1v) is 27.8. The van der Waals surface area contributed by atoms with Crippen LogP contribution < -0.4 is 0 Å². The summed E-state index contributed by atoms with van der Waals surface area (Å²) in [6.07, 6.45) is 0. The molecule has 12 aromatic carbocycles. The van der Waals surface area contributed by atoms with E-state index in [2.05, 4.69) is 250 Å². The highest BCUT2D eigenvalue weighted by Gasteiger charge is 2.41. The number of aryl methyl sites for hydroxylation is 2. The topological polar surface area (TPSA) is 0 Å². The van der Waals surface area contributed by atoms with Crippen LogP contribution in [0.15, 0.2) is 194 Å². The Morgan fingerprint density at radius 1 is 0.234 bits per heavy atom. The molecule has 0 amide bonds. The molecule has 0 heteroatoms. The predicted octanol–water partition coefficient (Wildman–Crippen LogP) is 21.0. The SMILES string of the molecule is Cc1ccc2c(C)c3c(c(-c4ccc5c(c4)C(C)(C)c4ccccc4-5)c2c1)-c1ccc2c4c(ccc-3c14)-c1c-2c(-c2ccc3c(c2)C(C)(C)c2ccccc2-3)c2ccccc2c1-c1ccc2c(c1)C(C)(C)c1ccccc1-2. The monoisotopic (exact) mass is 980 g/mol. The van der Waals surface area contributed by atoms with Gasteiger partial charge in [0, 0.05) is 16.2 Å². The molecule has 0 bridgehead atoms. The molecule has 0 heterocycles. The van der Waals surface area contributed by atoms with E-state index < -0.39 is 0 Å². The largest absolute Gasteiger partial charge is 0.0619 e. The van der Waals surface area contributed by atoms with Crippen molar-refractivity contribution in [3.63, 3.8) is 0 Å². The fourth-order valence-electron chi connectivity index (χ4n) is 16.2. The molecule has 0 radical (unpaired) electrons. The molecule has 12 aromatic rings. The summed E-state index contributed by atoms with van der Waals surface area (Å²) in [5, 5.41) is 8.01. The summed E-state index contributed by atoms with van der Waals surface area (Å²) in [6, 6.07) is 75.9. The van der Waals surface area contributed by atoms with Gasteiger partial charge in [-0.05, 0) is 215 Å². The van der Waals surface area contributed by atoms with Crippen LogP contribution in [0.2, 0.25) is 0 Å². The summed E-state index contributed by atoms with van der Waals surface area (Å²) < 4.78 is 0. The van der Waals surface area contributed by atoms with Crippen molar-refractivity contribution in [2.24, 2.45) is 0 Å². The van der Waals surface area contributed by atoms with E-state index in [1.54, 1.807) is 0 Å². The third-order valence-corrected chi connectivity index (χ3v) is 19.8. The van der Waals surface area contributed by atoms with Crippen molar-refractivity contribution in [3.05, 3.63) is 239 Å². The van der Waals surface area contributed by atoms with E-state index in [-0.39, 0.29) is 16.2 Å². The van der Waals surface area contributed by atoms with Crippen LogP contribution in [-0.4, -0.2) is 0 Å². The van der Waals surface area contributed by atoms with Gasteiger partial charge in [0.15, 0.2) is 0 Å². The predicted molar refractivity (Wildman–Crippen MR) is 326 cm³/mol. The molecule has 0 aromatic heterocycles. The van der Waals surface area contributed by atoms with E-state index in [0.29, 0.717) is 0 Å². The van der Waals surface area contributed by atoms with Crippen molar-refractivity contribution in [2.45, 2.75) is 71.6 Å². The maximum Gasteiger partial charge on any atom is 0.0159 e. The van der Waals surface area contributed by atoms with E-state index in [0.717, 1.165) is 0 Å². The lowest BCUT2D eigenvalue weighted by atomic mass is 9.78. The van der Waals surface area contributed by atoms with Crippen LogP contribution in [0.1, 0.15) is 86.1 Å². The average molecular weight is 981 g/mol. The fraction of sp³-hybridized carbons (Fsp3) is 0.143. The van der Waals surface area contributed by atoms with Gasteiger partial charge in [-0.1, -0.05) is 223 Å². The number of benzene rings is 12. The minimum Gasteiger partial charge on any atom is -0.0619 e. The maximum absolute atomic E-state index is 2.56. The van der Waals surface area contributed by atoms with Gasteiger partial charge in [0.1, 0.15) is 0 Å². The van der Waals surface area contributed by atoms with E-state index >= 15 is 0 Å². The molecule has 0 fully saturated rings. The maximum atomic E-state index is 2.56. The van der Waals surface area contributed by atoms with Gasteiger partial charge < -0.3 is 0 Å². The molecule has 5 aliphatic carbocycles. The Morgan fingerprint density at radius 3 is 0.974 bits per heavy atom. The molecule has 0 unspecified atom stereocenters. The van der Waals surface area contributed by atoms with Crippen molar-refractivity contribution < 1.29 is 0 Å². The zero-order chi connectivity index (χ0) is 51.8. The summed E-state index contributed by atoms with van der Waals surface area (Å²) in [7, 11) is 0. The van der Waals surface area contributed by atoms with Crippen molar-refractivity contribution in [1.29, 1.82) is 0 Å². The highest BCUT2D eigenvalue weighted by Crippen LogP contribution is 2.65. The third kappa shape index (κ3) is 5.30. The standard InChI is InChI=1S/C77H56/c1-41-25-29-46-42(2)66-55-33-34-57-71-58(36-35-56(70(55)71)72(66)69(59(46)37-41)45-28-32-52-49-19-13-16-24-62(49)77(7,8)65(52)40-45)74-68(44-27-31-51-48-18-12-15-23-61(48)76(5,6)64(51)39-44)54-21-10-9-20-53(54)67(73(57)74)43-26-30-50-47-17-11-14-22-60(47)75(3,4)63(50)38-43/h9-40H,1-8H3. The molecule has 0 N–H and O–H groups in total. The van der Waals surface area contributed by atoms with Gasteiger partial charge in [0.2, 0.25) is 0 Å². The van der Waals surface area contributed by atoms with Crippen molar-refractivity contribution in [2.75, 3.05) is 0 Å². The smallest absolute Gasteiger partial charge is 0.0159 e. The normalized spacial score (nSPS) is 15.3. The van der Waals surface area contributed by atoms with Crippen molar-refractivity contribution in [1.82, 2.24) is 0 Å². The third-order valence-electron chi connectivity index (χ3n) is 19.8. The van der Waals surface area contributed by atoms with Gasteiger partial charge in [-0.2, -0.15) is 0 Å². The second kappa shape index (κ2) is 14.5. The lowest BCUT2D eigenvalue weighted by Crippen LogP contribution is -2.15. The number of rotatable bonds is 3. The molecule has 0 atom stereocenters. The first-order valence-electron chi connectivity index (χ1n) is 27.8. The molecule has 5 aliphatic rings. The summed E-state index contributed by atoms with van der Waals surface area (Å²) in [5.74, 6) is 0. The van der Waals surface area contributed by atoms with Crippen LogP contribution in [0.3, 0.4) is 0 Å². The molecule has 0 spiro atoms. The van der Waals surface area contributed by atoms with Gasteiger partial charge in [-0.3, -0.25) is 0 Å². The Balaban J connectivity index is 0.969. The van der Waals surface area contributed by atoms with Crippen LogP contribution >= 0.6 is 0 Å². The Bertz CT molecular complexity index is 4610. The minimum absolute atomic E-state index is 0.116. The van der Waals surface area contributed by atoms with E-state index in [1.807, 2.05) is 0 Å². The van der Waals surface area contributed by atoms with Crippen LogP contribution in [0.5, 0.6) is 0 Å². The quantitative estimate of drug-likeness (QED) is 0.165. The summed E-state index contributed by atoms with van der Waals surface area (Å²) in [4.78, 5) is 0. The van der Waals surface area contributed by atoms with Crippen LogP contribution in [0.25, 0.3) is 144 Å². The second-order valence-corrected chi connectivity index (χ2v) is 24.7. The van der Waals surface area contributed by atoms with Gasteiger partial charge in [0.05, 0.1) is 0 Å². The Hall–Kier alpha value is -8.58. The van der Waals surface area contributed by atoms with Gasteiger partial charge in [-0.25, -0.2) is 0 Å². The van der Waals surface area contributed by atoms with Crippen LogP contribution in [-0.2, 0) is 16.2 Å². The van der Waals surface area contributed by atoms with E-state index in [1.165, 1.54) is 188 Å². The minimum atomic E-state index is -0.136. The summed E-state index contributed by atoms with van der Waals surface area (Å²) in [5.41, 5.74) is 37.4. The molecule has 0 saturated heterocycles. The Morgan fingerprint density at radius 2 is 0.558 bits per heavy atom. The number of fused-ring (bicyclic) bond motifs is 17. The van der Waals surface area contributed by atoms with Gasteiger partial charge in [-0.15, -0.1) is 0 Å². The second-order valence-electron chi connectivity index (χ2n) is 24.7. The van der Waals surface area contributed by atoms with Crippen LogP contribution in [0.4, 0.5) is 0 Å². The van der Waals surface area contributed by atoms with Crippen molar-refractivity contribution in [3.8, 4) is 111 Å². The highest BCUT2D eigenvalue weighted by molar-refractivity contribution is 6.34. The van der Waals surface area contributed by atoms with Crippen LogP contribution in [0, 0.1) is 13.8 Å². The average Bonchev–Trinajstić information content (AvgIpc) is 4.27. The summed E-state index contributed by atoms with van der Waals surface area (Å²) in [6.45, 7) is 19.1. The Labute approximate surface area is 451 Å². The molecule has 0 nitrogen and oxygen atoms in total. The lowest BCUT2D eigenvalue weighted by molar-refractivity contribution is 0.660. The van der Waals surface area contributed by atoms with Gasteiger partial charge in [0.25, 0.3) is 0 Å². The fourth-order valence-corrected chi connectivity index (χ4v) is 16.2. The number of hydrogen-bond acceptors (Lipinski definition) is 0. The van der Waals surface area contributed by atoms with Crippen molar-refractivity contribution >= 4 is 32.3 Å². The number of hydrogen-bond donors (Lipinski definition) is 0. The molecule has 0 aliphatic heterocycles. The van der Waals surface area contributed by atoms with Gasteiger partial charge >= 0.3 is 0 Å². The Kier molecular flexibility index (Phi) is 8.19. The molecule has 17 rings (SSSR count). The van der Waals surface area contributed by atoms with E-state index in [4.69, 9.17) is 0 Å². The molecular weight excluding hydrogens is 925 g/mol. The first kappa shape index (κ1) is 43.6. The van der Waals surface area contributed by atoms with E-state index in [9.17, 15) is 0 Å². The zero-order valence-corrected chi connectivity index (χ0v) is 45.0. The lowest BCUT2D eigenvalue weighted by Gasteiger charge is -2.25. The zero-order valence-electron chi connectivity index (χ0n) is 45.0. The summed E-state index contributed by atoms with van der Waals surface area (Å²) >= 11 is 0. The highest BCUT2D eigenvalue weighted by atomic mass is 14.4. The molecule has 364 valence electrons. The molecule has 77 heavy (non-hydrogen) atoms. The first-order chi connectivity index (χ1) is 37.3. The molecule has 0 saturated carbocycles.